The first-order valence-electron chi connectivity index (χ1n) is 11.5. The number of carbonyl (C=O) groups is 1. The van der Waals surface area contributed by atoms with E-state index in [-0.39, 0.29) is 12.1 Å². The predicted octanol–water partition coefficient (Wildman–Crippen LogP) is 5.73. The molecule has 1 aliphatic heterocycles. The molecule has 172 valence electrons. The van der Waals surface area contributed by atoms with E-state index in [1.54, 1.807) is 4.90 Å². The molecule has 0 saturated carbocycles. The van der Waals surface area contributed by atoms with Gasteiger partial charge in [0, 0.05) is 50.9 Å². The van der Waals surface area contributed by atoms with E-state index in [0.29, 0.717) is 0 Å². The van der Waals surface area contributed by atoms with Gasteiger partial charge in [-0.25, -0.2) is 4.79 Å². The Morgan fingerprint density at radius 1 is 0.970 bits per heavy atom. The summed E-state index contributed by atoms with van der Waals surface area (Å²) in [4.78, 5) is 19.0. The van der Waals surface area contributed by atoms with Crippen LogP contribution < -0.4 is 0 Å². The third kappa shape index (κ3) is 5.76. The average Bonchev–Trinajstić information content (AvgIpc) is 2.82. The fourth-order valence-corrected chi connectivity index (χ4v) is 4.77. The molecule has 33 heavy (non-hydrogen) atoms. The van der Waals surface area contributed by atoms with Crippen LogP contribution in [-0.4, -0.2) is 60.5 Å². The molecule has 3 aromatic carbocycles. The summed E-state index contributed by atoms with van der Waals surface area (Å²) in [6, 6.07) is 25.5. The van der Waals surface area contributed by atoms with E-state index in [9.17, 15) is 4.79 Å². The molecule has 0 unspecified atom stereocenters. The summed E-state index contributed by atoms with van der Waals surface area (Å²) in [6.07, 6.45) is 0.863. The van der Waals surface area contributed by atoms with Gasteiger partial charge in [-0.3, -0.25) is 4.90 Å². The molecule has 4 rings (SSSR count). The number of nitrogens with zero attached hydrogens (tertiary/aromatic N) is 3. The first-order valence-corrected chi connectivity index (χ1v) is 11.9. The van der Waals surface area contributed by atoms with Crippen LogP contribution in [0.3, 0.4) is 0 Å². The minimum absolute atomic E-state index is 0.0926. The summed E-state index contributed by atoms with van der Waals surface area (Å²) in [5, 5.41) is 0.777. The monoisotopic (exact) mass is 461 g/mol. The van der Waals surface area contributed by atoms with Gasteiger partial charge in [-0.1, -0.05) is 77.8 Å². The van der Waals surface area contributed by atoms with E-state index >= 15 is 0 Å². The van der Waals surface area contributed by atoms with E-state index in [2.05, 4.69) is 66.4 Å². The summed E-state index contributed by atoms with van der Waals surface area (Å²) >= 11 is 6.43. The van der Waals surface area contributed by atoms with Crippen molar-refractivity contribution < 1.29 is 4.79 Å². The van der Waals surface area contributed by atoms with E-state index in [1.165, 1.54) is 16.7 Å². The lowest BCUT2D eigenvalue weighted by atomic mass is 10.0. The molecule has 1 heterocycles. The number of hydrogen-bond acceptors (Lipinski definition) is 2. The number of urea groups is 1. The van der Waals surface area contributed by atoms with Gasteiger partial charge in [0.2, 0.25) is 0 Å². The van der Waals surface area contributed by atoms with Crippen molar-refractivity contribution in [2.24, 2.45) is 0 Å². The highest BCUT2D eigenvalue weighted by molar-refractivity contribution is 6.33. The van der Waals surface area contributed by atoms with Crippen molar-refractivity contribution in [1.82, 2.24) is 14.7 Å². The first kappa shape index (κ1) is 23.3. The van der Waals surface area contributed by atoms with E-state index in [0.717, 1.165) is 48.7 Å². The molecule has 1 saturated heterocycles. The van der Waals surface area contributed by atoms with E-state index in [1.807, 2.05) is 37.2 Å². The van der Waals surface area contributed by atoms with Gasteiger partial charge < -0.3 is 9.80 Å². The summed E-state index contributed by atoms with van der Waals surface area (Å²) in [5.74, 6) is 0. The highest BCUT2D eigenvalue weighted by atomic mass is 35.5. The van der Waals surface area contributed by atoms with Gasteiger partial charge in [0.25, 0.3) is 0 Å². The van der Waals surface area contributed by atoms with Gasteiger partial charge in [-0.2, -0.15) is 0 Å². The predicted molar refractivity (Wildman–Crippen MR) is 137 cm³/mol. The number of carbonyl (C=O) groups excluding carboxylic acids is 1. The van der Waals surface area contributed by atoms with Crippen molar-refractivity contribution >= 4 is 17.6 Å². The van der Waals surface area contributed by atoms with Crippen molar-refractivity contribution in [2.75, 3.05) is 33.7 Å². The third-order valence-electron chi connectivity index (χ3n) is 6.30. The van der Waals surface area contributed by atoms with Crippen LogP contribution in [0.25, 0.3) is 11.1 Å². The quantitative estimate of drug-likeness (QED) is 0.485. The Kier molecular flexibility index (Phi) is 7.36. The molecule has 1 fully saturated rings. The molecule has 0 N–H and O–H groups in total. The molecular weight excluding hydrogens is 430 g/mol. The average molecular weight is 462 g/mol. The third-order valence-corrected chi connectivity index (χ3v) is 6.63. The maximum absolute atomic E-state index is 12.8. The van der Waals surface area contributed by atoms with Crippen LogP contribution >= 0.6 is 11.6 Å². The highest BCUT2D eigenvalue weighted by Crippen LogP contribution is 2.29. The number of aryl methyl sites for hydroxylation is 1. The molecule has 3 aromatic rings. The Morgan fingerprint density at radius 3 is 2.39 bits per heavy atom. The smallest absolute Gasteiger partial charge is 0.319 e. The lowest BCUT2D eigenvalue weighted by Gasteiger charge is -2.42. The van der Waals surface area contributed by atoms with Gasteiger partial charge in [-0.15, -0.1) is 0 Å². The maximum Gasteiger partial charge on any atom is 0.319 e. The second-order valence-corrected chi connectivity index (χ2v) is 9.54. The van der Waals surface area contributed by atoms with Gasteiger partial charge in [-0.05, 0) is 42.2 Å². The highest BCUT2D eigenvalue weighted by Gasteiger charge is 2.31. The van der Waals surface area contributed by atoms with Crippen LogP contribution in [0.15, 0.2) is 72.8 Å². The molecule has 4 nitrogen and oxygen atoms in total. The Hall–Kier alpha value is -2.82. The van der Waals surface area contributed by atoms with Crippen LogP contribution in [-0.2, 0) is 13.0 Å². The lowest BCUT2D eigenvalue weighted by molar-refractivity contribution is 0.0779. The molecule has 1 atom stereocenters. The number of hydrogen-bond donors (Lipinski definition) is 0. The fourth-order valence-electron chi connectivity index (χ4n) is 4.54. The van der Waals surface area contributed by atoms with Gasteiger partial charge in [0.05, 0.1) is 6.04 Å². The molecule has 2 amide bonds. The SMILES string of the molecule is Cc1ccc(Cl)c(-c2ccc(CN3CCN(C(=O)N(C)C)[C@H](Cc4ccccc4)C3)cc2)c1. The minimum Gasteiger partial charge on any atom is -0.331 e. The van der Waals surface area contributed by atoms with Crippen LogP contribution in [0.4, 0.5) is 4.79 Å². The lowest BCUT2D eigenvalue weighted by Crippen LogP contribution is -2.57. The van der Waals surface area contributed by atoms with E-state index in [4.69, 9.17) is 11.6 Å². The number of benzene rings is 3. The molecule has 5 heteroatoms. The molecular formula is C28H32ClN3O. The van der Waals surface area contributed by atoms with Crippen LogP contribution in [0, 0.1) is 6.92 Å². The van der Waals surface area contributed by atoms with Crippen LogP contribution in [0.2, 0.25) is 5.02 Å². The zero-order valence-corrected chi connectivity index (χ0v) is 20.4. The summed E-state index contributed by atoms with van der Waals surface area (Å²) < 4.78 is 0. The number of piperazine rings is 1. The van der Waals surface area contributed by atoms with Gasteiger partial charge in [0.1, 0.15) is 0 Å². The van der Waals surface area contributed by atoms with Crippen molar-refractivity contribution in [3.63, 3.8) is 0 Å². The maximum atomic E-state index is 12.8. The van der Waals surface area contributed by atoms with Crippen LogP contribution in [0.5, 0.6) is 0 Å². The Morgan fingerprint density at radius 2 is 1.70 bits per heavy atom. The summed E-state index contributed by atoms with van der Waals surface area (Å²) in [5.41, 5.74) is 5.94. The Bertz CT molecular complexity index is 1080. The van der Waals surface area contributed by atoms with Crippen molar-refractivity contribution in [3.8, 4) is 11.1 Å². The van der Waals surface area contributed by atoms with Gasteiger partial charge in [0.15, 0.2) is 0 Å². The number of halogens is 1. The fraction of sp³-hybridized carbons (Fsp3) is 0.321. The number of rotatable bonds is 5. The zero-order valence-electron chi connectivity index (χ0n) is 19.7. The van der Waals surface area contributed by atoms with Crippen molar-refractivity contribution in [2.45, 2.75) is 25.9 Å². The van der Waals surface area contributed by atoms with Gasteiger partial charge >= 0.3 is 6.03 Å². The second-order valence-electron chi connectivity index (χ2n) is 9.13. The van der Waals surface area contributed by atoms with Crippen molar-refractivity contribution in [1.29, 1.82) is 0 Å². The summed E-state index contributed by atoms with van der Waals surface area (Å²) in [7, 11) is 3.66. The summed E-state index contributed by atoms with van der Waals surface area (Å²) in [6.45, 7) is 5.43. The standard InChI is InChI=1S/C28H32ClN3O/c1-21-9-14-27(29)26(17-21)24-12-10-23(11-13-24)19-31-15-16-32(28(33)30(2)3)25(20-31)18-22-7-5-4-6-8-22/h4-14,17,25H,15-16,18-20H2,1-3H3/t25-/m1/s1. The Balaban J connectivity index is 1.47. The second kappa shape index (κ2) is 10.4. The molecule has 1 aliphatic rings. The molecule has 0 spiro atoms. The largest absolute Gasteiger partial charge is 0.331 e. The number of amides is 2. The topological polar surface area (TPSA) is 26.8 Å². The van der Waals surface area contributed by atoms with Crippen molar-refractivity contribution in [3.05, 3.63) is 94.5 Å². The normalized spacial score (nSPS) is 16.6. The minimum atomic E-state index is 0.0926. The Labute approximate surface area is 202 Å². The zero-order chi connectivity index (χ0) is 23.4. The first-order chi connectivity index (χ1) is 15.9. The molecule has 0 aliphatic carbocycles. The molecule has 0 bridgehead atoms. The molecule has 0 radical (unpaired) electrons. The van der Waals surface area contributed by atoms with E-state index < -0.39 is 0 Å². The molecule has 0 aromatic heterocycles. The van der Waals surface area contributed by atoms with Crippen LogP contribution in [0.1, 0.15) is 16.7 Å².